The zero-order valence-electron chi connectivity index (χ0n) is 9.01. The van der Waals surface area contributed by atoms with Gasteiger partial charge in [0.1, 0.15) is 0 Å². The minimum absolute atomic E-state index is 0.155. The zero-order valence-corrected chi connectivity index (χ0v) is 9.01. The summed E-state index contributed by atoms with van der Waals surface area (Å²) in [6.45, 7) is 7.87. The number of rotatable bonds is 6. The van der Waals surface area contributed by atoms with Crippen LogP contribution in [-0.4, -0.2) is 37.7 Å². The largest absolute Gasteiger partial charge is 0.374 e. The Morgan fingerprint density at radius 2 is 2.15 bits per heavy atom. The SMILES string of the molecule is CCN(C)C/C(=C/F)COC(C)C. The Labute approximate surface area is 80.4 Å². The van der Waals surface area contributed by atoms with Crippen molar-refractivity contribution in [3.63, 3.8) is 0 Å². The summed E-state index contributed by atoms with van der Waals surface area (Å²) in [6, 6.07) is 0. The van der Waals surface area contributed by atoms with Crippen LogP contribution < -0.4 is 0 Å². The summed E-state index contributed by atoms with van der Waals surface area (Å²) in [5.41, 5.74) is 0.693. The van der Waals surface area contributed by atoms with Crippen molar-refractivity contribution in [3.8, 4) is 0 Å². The molecule has 0 radical (unpaired) electrons. The van der Waals surface area contributed by atoms with Gasteiger partial charge < -0.3 is 9.64 Å². The van der Waals surface area contributed by atoms with Gasteiger partial charge in [-0.2, -0.15) is 0 Å². The van der Waals surface area contributed by atoms with E-state index >= 15 is 0 Å². The second-order valence-corrected chi connectivity index (χ2v) is 3.46. The first-order valence-electron chi connectivity index (χ1n) is 4.68. The summed E-state index contributed by atoms with van der Waals surface area (Å²) in [4.78, 5) is 2.04. The predicted molar refractivity (Wildman–Crippen MR) is 53.5 cm³/mol. The maximum atomic E-state index is 12.3. The van der Waals surface area contributed by atoms with E-state index in [0.717, 1.165) is 6.54 Å². The molecule has 0 heterocycles. The molecule has 0 aromatic rings. The van der Waals surface area contributed by atoms with Crippen LogP contribution in [0.2, 0.25) is 0 Å². The van der Waals surface area contributed by atoms with E-state index in [1.807, 2.05) is 32.7 Å². The first-order valence-corrected chi connectivity index (χ1v) is 4.68. The number of ether oxygens (including phenoxy) is 1. The van der Waals surface area contributed by atoms with Crippen molar-refractivity contribution < 1.29 is 9.13 Å². The molecule has 0 spiro atoms. The second kappa shape index (κ2) is 7.04. The molecule has 0 N–H and O–H groups in total. The molecule has 0 atom stereocenters. The smallest absolute Gasteiger partial charge is 0.0894 e. The second-order valence-electron chi connectivity index (χ2n) is 3.46. The summed E-state index contributed by atoms with van der Waals surface area (Å²) in [5, 5.41) is 0. The number of hydrogen-bond donors (Lipinski definition) is 0. The van der Waals surface area contributed by atoms with Crippen molar-refractivity contribution in [2.45, 2.75) is 26.9 Å². The fraction of sp³-hybridized carbons (Fsp3) is 0.800. The average Bonchev–Trinajstić information content (AvgIpc) is 2.11. The van der Waals surface area contributed by atoms with E-state index in [1.165, 1.54) is 0 Å². The molecule has 2 nitrogen and oxygen atoms in total. The normalized spacial score (nSPS) is 13.0. The summed E-state index contributed by atoms with van der Waals surface area (Å²) in [5.74, 6) is 0. The molecule has 3 heteroatoms. The number of hydrogen-bond acceptors (Lipinski definition) is 2. The Morgan fingerprint density at radius 1 is 1.54 bits per heavy atom. The predicted octanol–water partition coefficient (Wildman–Crippen LogP) is 2.22. The van der Waals surface area contributed by atoms with E-state index in [9.17, 15) is 4.39 Å². The quantitative estimate of drug-likeness (QED) is 0.635. The van der Waals surface area contributed by atoms with Crippen LogP contribution in [0.15, 0.2) is 11.9 Å². The van der Waals surface area contributed by atoms with Crippen molar-refractivity contribution in [2.24, 2.45) is 0 Å². The van der Waals surface area contributed by atoms with Crippen molar-refractivity contribution in [1.29, 1.82) is 0 Å². The van der Waals surface area contributed by atoms with Gasteiger partial charge in [0.15, 0.2) is 0 Å². The fourth-order valence-electron chi connectivity index (χ4n) is 0.844. The minimum Gasteiger partial charge on any atom is -0.374 e. The van der Waals surface area contributed by atoms with E-state index in [4.69, 9.17) is 4.74 Å². The zero-order chi connectivity index (χ0) is 10.3. The summed E-state index contributed by atoms with van der Waals surface area (Å²) in [7, 11) is 1.96. The van der Waals surface area contributed by atoms with Crippen LogP contribution in [0.4, 0.5) is 4.39 Å². The van der Waals surface area contributed by atoms with Crippen molar-refractivity contribution in [2.75, 3.05) is 26.7 Å². The molecule has 0 saturated carbocycles. The van der Waals surface area contributed by atoms with Crippen LogP contribution in [0.5, 0.6) is 0 Å². The van der Waals surface area contributed by atoms with Gasteiger partial charge in [-0.1, -0.05) is 6.92 Å². The standard InChI is InChI=1S/C10H20FNO/c1-5-12(4)7-10(6-11)8-13-9(2)3/h6,9H,5,7-8H2,1-4H3/b10-6-. The Balaban J connectivity index is 3.78. The Bertz CT molecular complexity index is 157. The Morgan fingerprint density at radius 3 is 2.54 bits per heavy atom. The first kappa shape index (κ1) is 12.6. The molecule has 0 aromatic heterocycles. The van der Waals surface area contributed by atoms with Gasteiger partial charge in [0.25, 0.3) is 0 Å². The average molecular weight is 189 g/mol. The van der Waals surface area contributed by atoms with Crippen LogP contribution in [0, 0.1) is 0 Å². The van der Waals surface area contributed by atoms with Gasteiger partial charge in [0.2, 0.25) is 0 Å². The molecule has 0 aliphatic rings. The fourth-order valence-corrected chi connectivity index (χ4v) is 0.844. The maximum Gasteiger partial charge on any atom is 0.0894 e. The van der Waals surface area contributed by atoms with E-state index in [1.54, 1.807) is 0 Å². The molecule has 0 fully saturated rings. The highest BCUT2D eigenvalue weighted by Crippen LogP contribution is 2.01. The van der Waals surface area contributed by atoms with E-state index in [0.29, 0.717) is 25.1 Å². The van der Waals surface area contributed by atoms with Gasteiger partial charge in [0, 0.05) is 6.54 Å². The molecular weight excluding hydrogens is 169 g/mol. The van der Waals surface area contributed by atoms with Gasteiger partial charge in [-0.05, 0) is 33.0 Å². The summed E-state index contributed by atoms with van der Waals surface area (Å²) in [6.07, 6.45) is 0.802. The molecule has 0 unspecified atom stereocenters. The third-order valence-electron chi connectivity index (χ3n) is 1.77. The van der Waals surface area contributed by atoms with E-state index in [-0.39, 0.29) is 6.10 Å². The summed E-state index contributed by atoms with van der Waals surface area (Å²) >= 11 is 0. The number of halogens is 1. The molecule has 0 bridgehead atoms. The van der Waals surface area contributed by atoms with Crippen LogP contribution in [0.25, 0.3) is 0 Å². The third-order valence-corrected chi connectivity index (χ3v) is 1.77. The van der Waals surface area contributed by atoms with Gasteiger partial charge in [0.05, 0.1) is 19.0 Å². The molecule has 0 saturated heterocycles. The summed E-state index contributed by atoms with van der Waals surface area (Å²) < 4.78 is 17.6. The molecule has 0 aromatic carbocycles. The maximum absolute atomic E-state index is 12.3. The lowest BCUT2D eigenvalue weighted by Crippen LogP contribution is -2.22. The Kier molecular flexibility index (Phi) is 6.82. The molecule has 0 aliphatic carbocycles. The topological polar surface area (TPSA) is 12.5 Å². The first-order chi connectivity index (χ1) is 6.10. The number of likely N-dealkylation sites (N-methyl/N-ethyl adjacent to an activating group) is 1. The lowest BCUT2D eigenvalue weighted by molar-refractivity contribution is 0.0932. The highest BCUT2D eigenvalue weighted by Gasteiger charge is 2.03. The van der Waals surface area contributed by atoms with E-state index in [2.05, 4.69) is 0 Å². The van der Waals surface area contributed by atoms with Gasteiger partial charge >= 0.3 is 0 Å². The van der Waals surface area contributed by atoms with Crippen molar-refractivity contribution >= 4 is 0 Å². The van der Waals surface area contributed by atoms with Crippen LogP contribution in [-0.2, 0) is 4.74 Å². The molecule has 0 rings (SSSR count). The third kappa shape index (κ3) is 6.72. The van der Waals surface area contributed by atoms with Gasteiger partial charge in [-0.3, -0.25) is 0 Å². The van der Waals surface area contributed by atoms with Crippen LogP contribution >= 0.6 is 0 Å². The monoisotopic (exact) mass is 189 g/mol. The molecule has 78 valence electrons. The molecule has 13 heavy (non-hydrogen) atoms. The highest BCUT2D eigenvalue weighted by molar-refractivity contribution is 5.00. The van der Waals surface area contributed by atoms with Crippen LogP contribution in [0.1, 0.15) is 20.8 Å². The molecular formula is C10H20FNO. The molecule has 0 aliphatic heterocycles. The minimum atomic E-state index is 0.155. The Hall–Kier alpha value is -0.410. The molecule has 0 amide bonds. The van der Waals surface area contributed by atoms with Crippen molar-refractivity contribution in [1.82, 2.24) is 4.90 Å². The van der Waals surface area contributed by atoms with Gasteiger partial charge in [-0.25, -0.2) is 4.39 Å². The highest BCUT2D eigenvalue weighted by atomic mass is 19.1. The van der Waals surface area contributed by atoms with E-state index < -0.39 is 0 Å². The van der Waals surface area contributed by atoms with Gasteiger partial charge in [-0.15, -0.1) is 0 Å². The van der Waals surface area contributed by atoms with Crippen LogP contribution in [0.3, 0.4) is 0 Å². The van der Waals surface area contributed by atoms with Crippen molar-refractivity contribution in [3.05, 3.63) is 11.9 Å². The lowest BCUT2D eigenvalue weighted by Gasteiger charge is -2.16. The number of nitrogens with zero attached hydrogens (tertiary/aromatic N) is 1. The lowest BCUT2D eigenvalue weighted by atomic mass is 10.3.